The van der Waals surface area contributed by atoms with E-state index in [2.05, 4.69) is 23.3 Å². The highest BCUT2D eigenvalue weighted by molar-refractivity contribution is 5.94. The van der Waals surface area contributed by atoms with E-state index < -0.39 is 0 Å². The van der Waals surface area contributed by atoms with E-state index in [9.17, 15) is 9.59 Å². The highest BCUT2D eigenvalue weighted by Gasteiger charge is 2.30. The van der Waals surface area contributed by atoms with E-state index in [1.54, 1.807) is 7.05 Å². The number of rotatable bonds is 4. The zero-order valence-electron chi connectivity index (χ0n) is 15.3. The summed E-state index contributed by atoms with van der Waals surface area (Å²) >= 11 is 0. The maximum Gasteiger partial charge on any atom is 0.251 e. The van der Waals surface area contributed by atoms with Gasteiger partial charge < -0.3 is 10.2 Å². The fraction of sp³-hybridized carbons (Fsp3) is 0.600. The van der Waals surface area contributed by atoms with Crippen LogP contribution in [0.3, 0.4) is 0 Å². The highest BCUT2D eigenvalue weighted by Crippen LogP contribution is 2.30. The van der Waals surface area contributed by atoms with Gasteiger partial charge in [-0.2, -0.15) is 0 Å². The molecule has 0 spiro atoms. The second-order valence-corrected chi connectivity index (χ2v) is 7.40. The Labute approximate surface area is 150 Å². The van der Waals surface area contributed by atoms with E-state index in [0.29, 0.717) is 30.4 Å². The topological polar surface area (TPSA) is 52.7 Å². The van der Waals surface area contributed by atoms with Crippen molar-refractivity contribution < 1.29 is 9.59 Å². The molecule has 1 heterocycles. The van der Waals surface area contributed by atoms with Gasteiger partial charge in [0, 0.05) is 38.7 Å². The predicted octanol–water partition coefficient (Wildman–Crippen LogP) is 2.44. The Kier molecular flexibility index (Phi) is 5.74. The minimum absolute atomic E-state index is 0.0746. The fourth-order valence-electron chi connectivity index (χ4n) is 4.08. The van der Waals surface area contributed by atoms with Gasteiger partial charge in [-0.1, -0.05) is 25.0 Å². The normalized spacial score (nSPS) is 22.2. The summed E-state index contributed by atoms with van der Waals surface area (Å²) in [7, 11) is 3.74. The Morgan fingerprint density at radius 3 is 2.68 bits per heavy atom. The van der Waals surface area contributed by atoms with Crippen LogP contribution in [0, 0.1) is 5.92 Å². The van der Waals surface area contributed by atoms with Crippen LogP contribution >= 0.6 is 0 Å². The van der Waals surface area contributed by atoms with E-state index in [1.807, 2.05) is 23.1 Å². The van der Waals surface area contributed by atoms with Gasteiger partial charge in [0.15, 0.2) is 0 Å². The Balaban J connectivity index is 1.70. The first-order valence-electron chi connectivity index (χ1n) is 9.38. The molecular weight excluding hydrogens is 314 g/mol. The van der Waals surface area contributed by atoms with Gasteiger partial charge in [-0.3, -0.25) is 14.5 Å². The molecule has 1 atom stereocenters. The van der Waals surface area contributed by atoms with Gasteiger partial charge in [-0.05, 0) is 43.5 Å². The van der Waals surface area contributed by atoms with Crippen molar-refractivity contribution in [2.75, 3.05) is 33.7 Å². The molecule has 1 saturated carbocycles. The highest BCUT2D eigenvalue weighted by atomic mass is 16.2. The van der Waals surface area contributed by atoms with Crippen LogP contribution in [0.2, 0.25) is 0 Å². The second-order valence-electron chi connectivity index (χ2n) is 7.40. The van der Waals surface area contributed by atoms with Crippen LogP contribution in [0.1, 0.15) is 54.1 Å². The minimum Gasteiger partial charge on any atom is -0.355 e. The lowest BCUT2D eigenvalue weighted by molar-refractivity contribution is -0.135. The first-order valence-corrected chi connectivity index (χ1v) is 9.38. The van der Waals surface area contributed by atoms with Gasteiger partial charge >= 0.3 is 0 Å². The van der Waals surface area contributed by atoms with Crippen molar-refractivity contribution in [1.29, 1.82) is 0 Å². The molecular formula is C20H29N3O2. The molecule has 1 aliphatic heterocycles. The largest absolute Gasteiger partial charge is 0.355 e. The molecule has 25 heavy (non-hydrogen) atoms. The van der Waals surface area contributed by atoms with Gasteiger partial charge in [0.25, 0.3) is 5.91 Å². The van der Waals surface area contributed by atoms with Gasteiger partial charge in [0.2, 0.25) is 5.91 Å². The molecule has 2 amide bonds. The molecule has 0 radical (unpaired) electrons. The molecule has 1 aromatic rings. The molecule has 1 aliphatic carbocycles. The summed E-state index contributed by atoms with van der Waals surface area (Å²) in [5, 5.41) is 2.67. The Bertz CT molecular complexity index is 625. The average molecular weight is 343 g/mol. The zero-order chi connectivity index (χ0) is 17.8. The van der Waals surface area contributed by atoms with Crippen LogP contribution in [0.25, 0.3) is 0 Å². The van der Waals surface area contributed by atoms with Crippen molar-refractivity contribution >= 4 is 11.8 Å². The van der Waals surface area contributed by atoms with Crippen LogP contribution in [0.4, 0.5) is 0 Å². The molecule has 136 valence electrons. The number of piperazine rings is 1. The molecule has 3 rings (SSSR count). The van der Waals surface area contributed by atoms with Gasteiger partial charge in [0.1, 0.15) is 0 Å². The van der Waals surface area contributed by atoms with Crippen LogP contribution in [0.15, 0.2) is 24.3 Å². The number of carbonyl (C=O) groups excluding carboxylic acids is 2. The summed E-state index contributed by atoms with van der Waals surface area (Å²) < 4.78 is 0. The molecule has 0 bridgehead atoms. The van der Waals surface area contributed by atoms with Crippen molar-refractivity contribution in [2.24, 2.45) is 5.92 Å². The number of amides is 2. The summed E-state index contributed by atoms with van der Waals surface area (Å²) in [5.41, 5.74) is 1.77. The number of benzene rings is 1. The maximum absolute atomic E-state index is 12.7. The fourth-order valence-corrected chi connectivity index (χ4v) is 4.08. The molecule has 0 aromatic heterocycles. The van der Waals surface area contributed by atoms with Crippen molar-refractivity contribution in [2.45, 2.75) is 38.1 Å². The monoisotopic (exact) mass is 343 g/mol. The summed E-state index contributed by atoms with van der Waals surface area (Å²) in [6.45, 7) is 2.37. The second kappa shape index (κ2) is 8.00. The molecule has 1 aromatic carbocycles. The van der Waals surface area contributed by atoms with Gasteiger partial charge in [0.05, 0.1) is 6.04 Å². The van der Waals surface area contributed by atoms with Crippen molar-refractivity contribution in [1.82, 2.24) is 15.1 Å². The Morgan fingerprint density at radius 1 is 1.20 bits per heavy atom. The quantitative estimate of drug-likeness (QED) is 0.914. The number of nitrogens with one attached hydrogen (secondary N) is 1. The van der Waals surface area contributed by atoms with Crippen LogP contribution < -0.4 is 5.32 Å². The maximum atomic E-state index is 12.7. The van der Waals surface area contributed by atoms with Crippen molar-refractivity contribution in [3.8, 4) is 0 Å². The van der Waals surface area contributed by atoms with E-state index in [1.165, 1.54) is 25.7 Å². The molecule has 1 saturated heterocycles. The standard InChI is InChI=1S/C20H29N3O2/c1-21-20(25)17-9-5-8-16(13-17)18-14-23(11-10-22(18)2)19(24)12-15-6-3-4-7-15/h5,8-9,13,15,18H,3-4,6-7,10-12,14H2,1-2H3,(H,21,25). The third-order valence-corrected chi connectivity index (χ3v) is 5.70. The molecule has 1 unspecified atom stereocenters. The summed E-state index contributed by atoms with van der Waals surface area (Å²) in [6, 6.07) is 7.90. The van der Waals surface area contributed by atoms with Crippen LogP contribution in [0.5, 0.6) is 0 Å². The number of likely N-dealkylation sites (N-methyl/N-ethyl adjacent to an activating group) is 1. The van der Waals surface area contributed by atoms with E-state index >= 15 is 0 Å². The third-order valence-electron chi connectivity index (χ3n) is 5.70. The molecule has 5 nitrogen and oxygen atoms in total. The number of hydrogen-bond acceptors (Lipinski definition) is 3. The summed E-state index contributed by atoms with van der Waals surface area (Å²) in [4.78, 5) is 28.9. The number of nitrogens with zero attached hydrogens (tertiary/aromatic N) is 2. The first kappa shape index (κ1) is 17.9. The smallest absolute Gasteiger partial charge is 0.251 e. The third kappa shape index (κ3) is 4.21. The van der Waals surface area contributed by atoms with Gasteiger partial charge in [-0.25, -0.2) is 0 Å². The lowest BCUT2D eigenvalue weighted by Crippen LogP contribution is -2.49. The van der Waals surface area contributed by atoms with E-state index in [0.717, 1.165) is 18.7 Å². The number of carbonyl (C=O) groups is 2. The van der Waals surface area contributed by atoms with Crippen LogP contribution in [-0.2, 0) is 4.79 Å². The summed E-state index contributed by atoms with van der Waals surface area (Å²) in [6.07, 6.45) is 5.66. The van der Waals surface area contributed by atoms with E-state index in [4.69, 9.17) is 0 Å². The van der Waals surface area contributed by atoms with Crippen LogP contribution in [-0.4, -0.2) is 55.3 Å². The Hall–Kier alpha value is -1.88. The molecule has 1 N–H and O–H groups in total. The van der Waals surface area contributed by atoms with E-state index in [-0.39, 0.29) is 11.9 Å². The lowest BCUT2D eigenvalue weighted by Gasteiger charge is -2.40. The zero-order valence-corrected chi connectivity index (χ0v) is 15.3. The lowest BCUT2D eigenvalue weighted by atomic mass is 9.98. The average Bonchev–Trinajstić information content (AvgIpc) is 3.14. The van der Waals surface area contributed by atoms with Crippen molar-refractivity contribution in [3.05, 3.63) is 35.4 Å². The van der Waals surface area contributed by atoms with Crippen molar-refractivity contribution in [3.63, 3.8) is 0 Å². The Morgan fingerprint density at radius 2 is 1.96 bits per heavy atom. The minimum atomic E-state index is -0.0746. The SMILES string of the molecule is CNC(=O)c1cccc(C2CN(C(=O)CC3CCCC3)CCN2C)c1. The molecule has 2 fully saturated rings. The van der Waals surface area contributed by atoms with Gasteiger partial charge in [-0.15, -0.1) is 0 Å². The summed E-state index contributed by atoms with van der Waals surface area (Å²) in [5.74, 6) is 0.809. The predicted molar refractivity (Wildman–Crippen MR) is 98.4 cm³/mol. The molecule has 2 aliphatic rings. The number of hydrogen-bond donors (Lipinski definition) is 1. The first-order chi connectivity index (χ1) is 12.1. The molecule has 5 heteroatoms.